The van der Waals surface area contributed by atoms with Crippen LogP contribution in [0.3, 0.4) is 0 Å². The number of anilines is 1. The first-order valence-corrected chi connectivity index (χ1v) is 8.58. The van der Waals surface area contributed by atoms with E-state index in [1.807, 2.05) is 20.8 Å². The van der Waals surface area contributed by atoms with E-state index in [0.29, 0.717) is 23.2 Å². The molecule has 1 aromatic rings. The lowest BCUT2D eigenvalue weighted by molar-refractivity contribution is -0.109. The lowest BCUT2D eigenvalue weighted by atomic mass is 10.1. The summed E-state index contributed by atoms with van der Waals surface area (Å²) in [7, 11) is -3.59. The van der Waals surface area contributed by atoms with Crippen molar-refractivity contribution in [2.75, 3.05) is 18.8 Å². The third-order valence-corrected chi connectivity index (χ3v) is 5.92. The Balaban J connectivity index is 2.42. The molecule has 0 spiro atoms. The lowest BCUT2D eigenvalue weighted by Crippen LogP contribution is -2.53. The van der Waals surface area contributed by atoms with E-state index < -0.39 is 15.6 Å². The summed E-state index contributed by atoms with van der Waals surface area (Å²) in [5, 5.41) is 0. The highest BCUT2D eigenvalue weighted by molar-refractivity contribution is 9.10. The summed E-state index contributed by atoms with van der Waals surface area (Å²) >= 11 is 3.28. The molecule has 0 aliphatic carbocycles. The molecule has 20 heavy (non-hydrogen) atoms. The number of sulfonamides is 1. The number of morpholine rings is 1. The molecule has 0 saturated carbocycles. The van der Waals surface area contributed by atoms with Gasteiger partial charge in [-0.3, -0.25) is 0 Å². The topological polar surface area (TPSA) is 72.6 Å². The first kappa shape index (κ1) is 15.8. The van der Waals surface area contributed by atoms with Gasteiger partial charge < -0.3 is 10.5 Å². The van der Waals surface area contributed by atoms with Crippen molar-refractivity contribution < 1.29 is 13.2 Å². The average molecular weight is 363 g/mol. The molecule has 7 heteroatoms. The van der Waals surface area contributed by atoms with Gasteiger partial charge in [0.25, 0.3) is 0 Å². The standard InChI is InChI=1S/C13H19BrN2O3S/c1-9-7-16(8-13(2,3)19-9)20(17,18)12-6-10(15)4-5-11(12)14/h4-6,9H,7-8,15H2,1-3H3. The Morgan fingerprint density at radius 1 is 1.45 bits per heavy atom. The van der Waals surface area contributed by atoms with E-state index in [1.54, 1.807) is 12.1 Å². The van der Waals surface area contributed by atoms with Gasteiger partial charge in [-0.15, -0.1) is 0 Å². The van der Waals surface area contributed by atoms with Crippen LogP contribution in [0.2, 0.25) is 0 Å². The van der Waals surface area contributed by atoms with E-state index >= 15 is 0 Å². The molecular weight excluding hydrogens is 344 g/mol. The Hall–Kier alpha value is -0.630. The highest BCUT2D eigenvalue weighted by Gasteiger charge is 2.38. The number of hydrogen-bond donors (Lipinski definition) is 1. The zero-order valence-electron chi connectivity index (χ0n) is 11.8. The minimum Gasteiger partial charge on any atom is -0.399 e. The van der Waals surface area contributed by atoms with Crippen LogP contribution < -0.4 is 5.73 Å². The van der Waals surface area contributed by atoms with Crippen molar-refractivity contribution >= 4 is 31.6 Å². The molecule has 5 nitrogen and oxygen atoms in total. The highest BCUT2D eigenvalue weighted by Crippen LogP contribution is 2.31. The molecule has 1 heterocycles. The Bertz CT molecular complexity index is 616. The lowest BCUT2D eigenvalue weighted by Gasteiger charge is -2.41. The fourth-order valence-electron chi connectivity index (χ4n) is 2.44. The largest absolute Gasteiger partial charge is 0.399 e. The number of hydrogen-bond acceptors (Lipinski definition) is 4. The predicted octanol–water partition coefficient (Wildman–Crippen LogP) is 2.22. The SMILES string of the molecule is CC1CN(S(=O)(=O)c2cc(N)ccc2Br)CC(C)(C)O1. The number of ether oxygens (including phenoxy) is 1. The quantitative estimate of drug-likeness (QED) is 0.818. The monoisotopic (exact) mass is 362 g/mol. The fourth-order valence-corrected chi connectivity index (χ4v) is 5.06. The molecule has 0 bridgehead atoms. The van der Waals surface area contributed by atoms with E-state index in [2.05, 4.69) is 15.9 Å². The third kappa shape index (κ3) is 3.16. The first-order valence-electron chi connectivity index (χ1n) is 6.35. The minimum absolute atomic E-state index is 0.145. The van der Waals surface area contributed by atoms with Crippen molar-refractivity contribution in [2.45, 2.75) is 37.4 Å². The predicted molar refractivity (Wildman–Crippen MR) is 81.9 cm³/mol. The van der Waals surface area contributed by atoms with Gasteiger partial charge in [0.05, 0.1) is 16.6 Å². The second-order valence-corrected chi connectivity index (χ2v) is 8.44. The fraction of sp³-hybridized carbons (Fsp3) is 0.538. The molecular formula is C13H19BrN2O3S. The number of nitrogen functional groups attached to an aromatic ring is 1. The van der Waals surface area contributed by atoms with Crippen molar-refractivity contribution in [3.63, 3.8) is 0 Å². The van der Waals surface area contributed by atoms with E-state index in [4.69, 9.17) is 10.5 Å². The Labute approximate surface area is 128 Å². The van der Waals surface area contributed by atoms with E-state index in [1.165, 1.54) is 10.4 Å². The molecule has 1 aromatic carbocycles. The van der Waals surface area contributed by atoms with Crippen LogP contribution in [0.15, 0.2) is 27.6 Å². The first-order chi connectivity index (χ1) is 9.12. The molecule has 0 radical (unpaired) electrons. The Morgan fingerprint density at radius 2 is 2.10 bits per heavy atom. The van der Waals surface area contributed by atoms with Crippen molar-refractivity contribution in [2.24, 2.45) is 0 Å². The summed E-state index contributed by atoms with van der Waals surface area (Å²) in [6, 6.07) is 4.79. The molecule has 1 fully saturated rings. The molecule has 1 aliphatic rings. The van der Waals surface area contributed by atoms with Crippen LogP contribution in [0.5, 0.6) is 0 Å². The van der Waals surface area contributed by atoms with Gasteiger partial charge in [0.15, 0.2) is 0 Å². The maximum absolute atomic E-state index is 12.8. The van der Waals surface area contributed by atoms with E-state index in [9.17, 15) is 8.42 Å². The zero-order valence-corrected chi connectivity index (χ0v) is 14.2. The van der Waals surface area contributed by atoms with Crippen molar-refractivity contribution in [3.8, 4) is 0 Å². The van der Waals surface area contributed by atoms with Crippen molar-refractivity contribution in [1.29, 1.82) is 0 Å². The maximum atomic E-state index is 12.8. The Kier molecular flexibility index (Phi) is 4.17. The summed E-state index contributed by atoms with van der Waals surface area (Å²) in [5.41, 5.74) is 5.63. The molecule has 2 rings (SSSR count). The summed E-state index contributed by atoms with van der Waals surface area (Å²) in [6.45, 7) is 6.31. The molecule has 0 amide bonds. The van der Waals surface area contributed by atoms with Gasteiger partial charge in [-0.1, -0.05) is 0 Å². The average Bonchev–Trinajstić information content (AvgIpc) is 2.29. The molecule has 1 saturated heterocycles. The van der Waals surface area contributed by atoms with Crippen LogP contribution in [-0.2, 0) is 14.8 Å². The minimum atomic E-state index is -3.59. The highest BCUT2D eigenvalue weighted by atomic mass is 79.9. The van der Waals surface area contributed by atoms with Gasteiger partial charge in [-0.25, -0.2) is 8.42 Å². The third-order valence-electron chi connectivity index (χ3n) is 3.11. The summed E-state index contributed by atoms with van der Waals surface area (Å²) in [4.78, 5) is 0.197. The Morgan fingerprint density at radius 3 is 2.70 bits per heavy atom. The van der Waals surface area contributed by atoms with Crippen LogP contribution in [0.4, 0.5) is 5.69 Å². The number of nitrogens with zero attached hydrogens (tertiary/aromatic N) is 1. The maximum Gasteiger partial charge on any atom is 0.244 e. The van der Waals surface area contributed by atoms with Gasteiger partial charge in [-0.05, 0) is 54.9 Å². The molecule has 0 aromatic heterocycles. The van der Waals surface area contributed by atoms with E-state index in [0.717, 1.165) is 0 Å². The van der Waals surface area contributed by atoms with Gasteiger partial charge in [-0.2, -0.15) is 4.31 Å². The van der Waals surface area contributed by atoms with Crippen LogP contribution in [-0.4, -0.2) is 37.5 Å². The number of nitrogens with two attached hydrogens (primary N) is 1. The summed E-state index contributed by atoms with van der Waals surface area (Å²) in [6.07, 6.45) is -0.145. The number of rotatable bonds is 2. The second-order valence-electron chi connectivity index (χ2n) is 5.68. The van der Waals surface area contributed by atoms with Gasteiger partial charge in [0, 0.05) is 23.2 Å². The van der Waals surface area contributed by atoms with Crippen molar-refractivity contribution in [1.82, 2.24) is 4.31 Å². The van der Waals surface area contributed by atoms with Gasteiger partial charge in [0.2, 0.25) is 10.0 Å². The zero-order chi connectivity index (χ0) is 15.1. The summed E-state index contributed by atoms with van der Waals surface area (Å²) < 4.78 is 33.3. The smallest absolute Gasteiger partial charge is 0.244 e. The molecule has 1 atom stereocenters. The molecule has 2 N–H and O–H groups in total. The molecule has 1 unspecified atom stereocenters. The van der Waals surface area contributed by atoms with Crippen LogP contribution in [0.1, 0.15) is 20.8 Å². The number of benzene rings is 1. The molecule has 1 aliphatic heterocycles. The van der Waals surface area contributed by atoms with E-state index in [-0.39, 0.29) is 11.0 Å². The summed E-state index contributed by atoms with van der Waals surface area (Å²) in [5.74, 6) is 0. The normalized spacial score (nSPS) is 23.7. The van der Waals surface area contributed by atoms with Crippen molar-refractivity contribution in [3.05, 3.63) is 22.7 Å². The second kappa shape index (κ2) is 5.29. The van der Waals surface area contributed by atoms with Gasteiger partial charge in [0.1, 0.15) is 0 Å². The van der Waals surface area contributed by atoms with Crippen LogP contribution >= 0.6 is 15.9 Å². The number of halogens is 1. The van der Waals surface area contributed by atoms with Crippen LogP contribution in [0.25, 0.3) is 0 Å². The van der Waals surface area contributed by atoms with Crippen LogP contribution in [0, 0.1) is 0 Å². The molecule has 112 valence electrons. The van der Waals surface area contributed by atoms with Gasteiger partial charge >= 0.3 is 0 Å².